The van der Waals surface area contributed by atoms with Crippen molar-refractivity contribution < 1.29 is 13.2 Å². The largest absolute Gasteiger partial charge is 0.381 e. The number of hydrogen-bond acceptors (Lipinski definition) is 4. The standard InChI is InChI=1S/C14H22N2O3S/c1-2-14(16-9-11-6-7-19-10-11)12-4-3-5-13(8-12)20(15,17)18/h3-5,8,11,14,16H,2,6-7,9-10H2,1H3,(H2,15,17,18)/t11-,14+/m0/s1. The van der Waals surface area contributed by atoms with Crippen LogP contribution in [0.15, 0.2) is 29.2 Å². The number of sulfonamides is 1. The van der Waals surface area contributed by atoms with Gasteiger partial charge in [-0.3, -0.25) is 0 Å². The Hall–Kier alpha value is -0.950. The third-order valence-corrected chi connectivity index (χ3v) is 4.59. The van der Waals surface area contributed by atoms with Gasteiger partial charge in [0.2, 0.25) is 10.0 Å². The van der Waals surface area contributed by atoms with E-state index in [-0.39, 0.29) is 10.9 Å². The highest BCUT2D eigenvalue weighted by atomic mass is 32.2. The molecule has 0 aromatic heterocycles. The van der Waals surface area contributed by atoms with Crippen LogP contribution in [-0.2, 0) is 14.8 Å². The van der Waals surface area contributed by atoms with E-state index in [4.69, 9.17) is 9.88 Å². The van der Waals surface area contributed by atoms with Crippen molar-refractivity contribution in [1.82, 2.24) is 5.32 Å². The van der Waals surface area contributed by atoms with Gasteiger partial charge in [0.15, 0.2) is 0 Å². The smallest absolute Gasteiger partial charge is 0.238 e. The molecule has 2 atom stereocenters. The van der Waals surface area contributed by atoms with Gasteiger partial charge in [-0.25, -0.2) is 13.6 Å². The highest BCUT2D eigenvalue weighted by Gasteiger charge is 2.18. The lowest BCUT2D eigenvalue weighted by Crippen LogP contribution is -2.27. The highest BCUT2D eigenvalue weighted by Crippen LogP contribution is 2.21. The van der Waals surface area contributed by atoms with Crippen molar-refractivity contribution in [2.24, 2.45) is 11.1 Å². The fourth-order valence-corrected chi connectivity index (χ4v) is 3.03. The number of primary sulfonamides is 1. The van der Waals surface area contributed by atoms with Gasteiger partial charge in [0.25, 0.3) is 0 Å². The fraction of sp³-hybridized carbons (Fsp3) is 0.571. The zero-order valence-corrected chi connectivity index (χ0v) is 12.5. The van der Waals surface area contributed by atoms with E-state index in [1.165, 1.54) is 6.07 Å². The van der Waals surface area contributed by atoms with Crippen molar-refractivity contribution in [2.75, 3.05) is 19.8 Å². The number of benzene rings is 1. The monoisotopic (exact) mass is 298 g/mol. The Bertz CT molecular complexity index is 539. The summed E-state index contributed by atoms with van der Waals surface area (Å²) < 4.78 is 28.2. The molecule has 0 saturated carbocycles. The van der Waals surface area contributed by atoms with E-state index in [1.54, 1.807) is 12.1 Å². The summed E-state index contributed by atoms with van der Waals surface area (Å²) in [5.41, 5.74) is 0.956. The number of rotatable bonds is 6. The average Bonchev–Trinajstić information content (AvgIpc) is 2.92. The maximum atomic E-state index is 11.4. The topological polar surface area (TPSA) is 81.4 Å². The van der Waals surface area contributed by atoms with E-state index in [0.717, 1.165) is 38.2 Å². The van der Waals surface area contributed by atoms with Crippen LogP contribution in [-0.4, -0.2) is 28.2 Å². The number of ether oxygens (including phenoxy) is 1. The lowest BCUT2D eigenvalue weighted by Gasteiger charge is -2.20. The molecule has 1 saturated heterocycles. The molecule has 0 aliphatic carbocycles. The van der Waals surface area contributed by atoms with Crippen molar-refractivity contribution in [3.05, 3.63) is 29.8 Å². The quantitative estimate of drug-likeness (QED) is 0.832. The van der Waals surface area contributed by atoms with Crippen LogP contribution in [0, 0.1) is 5.92 Å². The molecule has 0 radical (unpaired) electrons. The normalized spacial score (nSPS) is 21.0. The molecular weight excluding hydrogens is 276 g/mol. The summed E-state index contributed by atoms with van der Waals surface area (Å²) in [6, 6.07) is 6.98. The number of nitrogens with one attached hydrogen (secondary N) is 1. The van der Waals surface area contributed by atoms with Crippen LogP contribution in [0.1, 0.15) is 31.4 Å². The van der Waals surface area contributed by atoms with Gasteiger partial charge < -0.3 is 10.1 Å². The first-order valence-corrected chi connectivity index (χ1v) is 8.49. The molecule has 112 valence electrons. The highest BCUT2D eigenvalue weighted by molar-refractivity contribution is 7.89. The fourth-order valence-electron chi connectivity index (χ4n) is 2.46. The Morgan fingerprint density at radius 3 is 2.90 bits per heavy atom. The van der Waals surface area contributed by atoms with Gasteiger partial charge in [0, 0.05) is 19.2 Å². The molecular formula is C14H22N2O3S. The Morgan fingerprint density at radius 1 is 1.50 bits per heavy atom. The van der Waals surface area contributed by atoms with Crippen LogP contribution in [0.3, 0.4) is 0 Å². The first-order chi connectivity index (χ1) is 9.50. The van der Waals surface area contributed by atoms with Crippen LogP contribution in [0.2, 0.25) is 0 Å². The van der Waals surface area contributed by atoms with Gasteiger partial charge >= 0.3 is 0 Å². The molecule has 0 unspecified atom stereocenters. The molecule has 1 aliphatic heterocycles. The molecule has 1 aromatic rings. The van der Waals surface area contributed by atoms with Gasteiger partial charge in [-0.05, 0) is 36.5 Å². The predicted octanol–water partition coefficient (Wildman–Crippen LogP) is 1.41. The SMILES string of the molecule is CC[C@@H](NC[C@@H]1CCOC1)c1cccc(S(N)(=O)=O)c1. The summed E-state index contributed by atoms with van der Waals surface area (Å²) in [6.45, 7) is 4.61. The van der Waals surface area contributed by atoms with Crippen LogP contribution in [0.4, 0.5) is 0 Å². The van der Waals surface area contributed by atoms with Crippen LogP contribution in [0.5, 0.6) is 0 Å². The van der Waals surface area contributed by atoms with Gasteiger partial charge in [-0.15, -0.1) is 0 Å². The molecule has 1 aromatic carbocycles. The summed E-state index contributed by atoms with van der Waals surface area (Å²) in [7, 11) is -3.65. The minimum Gasteiger partial charge on any atom is -0.381 e. The van der Waals surface area contributed by atoms with Crippen LogP contribution < -0.4 is 10.5 Å². The third kappa shape index (κ3) is 4.02. The summed E-state index contributed by atoms with van der Waals surface area (Å²) in [5.74, 6) is 0.547. The van der Waals surface area contributed by atoms with Crippen LogP contribution in [0.25, 0.3) is 0 Å². The molecule has 1 aliphatic rings. The van der Waals surface area contributed by atoms with Crippen LogP contribution >= 0.6 is 0 Å². The molecule has 0 spiro atoms. The lowest BCUT2D eigenvalue weighted by molar-refractivity contribution is 0.184. The summed E-state index contributed by atoms with van der Waals surface area (Å²) in [6.07, 6.45) is 1.97. The number of nitrogens with two attached hydrogens (primary N) is 1. The van der Waals surface area contributed by atoms with Crippen molar-refractivity contribution >= 4 is 10.0 Å². The van der Waals surface area contributed by atoms with Crippen molar-refractivity contribution in [2.45, 2.75) is 30.7 Å². The minimum atomic E-state index is -3.65. The molecule has 6 heteroatoms. The van der Waals surface area contributed by atoms with Gasteiger partial charge in [0.1, 0.15) is 0 Å². The molecule has 0 bridgehead atoms. The summed E-state index contributed by atoms with van der Waals surface area (Å²) >= 11 is 0. The minimum absolute atomic E-state index is 0.136. The zero-order chi connectivity index (χ0) is 14.6. The number of hydrogen-bond donors (Lipinski definition) is 2. The van der Waals surface area contributed by atoms with E-state index >= 15 is 0 Å². The second-order valence-corrected chi connectivity index (χ2v) is 6.78. The maximum Gasteiger partial charge on any atom is 0.238 e. The Kier molecular flexibility index (Phi) is 5.15. The van der Waals surface area contributed by atoms with Crippen molar-refractivity contribution in [3.63, 3.8) is 0 Å². The molecule has 2 rings (SSSR count). The average molecular weight is 298 g/mol. The first kappa shape index (κ1) is 15.4. The maximum absolute atomic E-state index is 11.4. The predicted molar refractivity (Wildman–Crippen MR) is 77.8 cm³/mol. The second-order valence-electron chi connectivity index (χ2n) is 5.22. The third-order valence-electron chi connectivity index (χ3n) is 3.67. The Balaban J connectivity index is 2.06. The summed E-state index contributed by atoms with van der Waals surface area (Å²) in [5, 5.41) is 8.67. The summed E-state index contributed by atoms with van der Waals surface area (Å²) in [4.78, 5) is 0.166. The van der Waals surface area contributed by atoms with Gasteiger partial charge in [0.05, 0.1) is 11.5 Å². The molecule has 5 nitrogen and oxygen atoms in total. The molecule has 1 fully saturated rings. The molecule has 0 amide bonds. The lowest BCUT2D eigenvalue weighted by atomic mass is 10.0. The van der Waals surface area contributed by atoms with E-state index in [0.29, 0.717) is 5.92 Å². The van der Waals surface area contributed by atoms with E-state index in [2.05, 4.69) is 12.2 Å². The Labute approximate surface area is 120 Å². The Morgan fingerprint density at radius 2 is 2.30 bits per heavy atom. The van der Waals surface area contributed by atoms with Gasteiger partial charge in [-0.2, -0.15) is 0 Å². The molecule has 3 N–H and O–H groups in total. The second kappa shape index (κ2) is 6.67. The first-order valence-electron chi connectivity index (χ1n) is 6.94. The van der Waals surface area contributed by atoms with Crippen molar-refractivity contribution in [1.29, 1.82) is 0 Å². The van der Waals surface area contributed by atoms with E-state index in [9.17, 15) is 8.42 Å². The zero-order valence-electron chi connectivity index (χ0n) is 11.7. The molecule has 1 heterocycles. The molecule has 20 heavy (non-hydrogen) atoms. The van der Waals surface area contributed by atoms with E-state index < -0.39 is 10.0 Å². The van der Waals surface area contributed by atoms with E-state index in [1.807, 2.05) is 6.07 Å². The van der Waals surface area contributed by atoms with Crippen molar-refractivity contribution in [3.8, 4) is 0 Å². The van der Waals surface area contributed by atoms with Gasteiger partial charge in [-0.1, -0.05) is 19.1 Å².